The highest BCUT2D eigenvalue weighted by Crippen LogP contribution is 2.20. The molecule has 1 aromatic heterocycles. The lowest BCUT2D eigenvalue weighted by Crippen LogP contribution is -2.52. The average molecular weight is 362 g/mol. The standard InChI is InChI=1S/C19H30N4O3/c1-19(2,3)16-5-6-17(24)23(20-16)13-15-11-21(12-15)8-9-22-7-4-10-26-14-18(22)25/h5-6,15H,4,7-14H2,1-3H3. The van der Waals surface area contributed by atoms with Gasteiger partial charge in [0.2, 0.25) is 5.91 Å². The molecular weight excluding hydrogens is 332 g/mol. The van der Waals surface area contributed by atoms with Crippen LogP contribution in [0.4, 0.5) is 0 Å². The van der Waals surface area contributed by atoms with E-state index in [0.29, 0.717) is 19.1 Å². The Kier molecular flexibility index (Phi) is 5.77. The van der Waals surface area contributed by atoms with Gasteiger partial charge in [0, 0.05) is 56.7 Å². The van der Waals surface area contributed by atoms with Crippen molar-refractivity contribution in [3.63, 3.8) is 0 Å². The molecule has 1 aromatic rings. The van der Waals surface area contributed by atoms with Crippen LogP contribution in [0.15, 0.2) is 16.9 Å². The van der Waals surface area contributed by atoms with Gasteiger partial charge < -0.3 is 14.5 Å². The zero-order valence-corrected chi connectivity index (χ0v) is 16.1. The quantitative estimate of drug-likeness (QED) is 0.772. The molecule has 7 nitrogen and oxygen atoms in total. The van der Waals surface area contributed by atoms with Crippen molar-refractivity contribution in [3.8, 4) is 0 Å². The summed E-state index contributed by atoms with van der Waals surface area (Å²) < 4.78 is 6.88. The number of nitrogens with zero attached hydrogens (tertiary/aromatic N) is 4. The van der Waals surface area contributed by atoms with Crippen LogP contribution in [-0.2, 0) is 21.5 Å². The lowest BCUT2D eigenvalue weighted by atomic mass is 9.92. The van der Waals surface area contributed by atoms with E-state index in [2.05, 4.69) is 30.8 Å². The normalized spacial score (nSPS) is 20.1. The number of carbonyl (C=O) groups is 1. The van der Waals surface area contributed by atoms with Crippen LogP contribution in [0.25, 0.3) is 0 Å². The maximum absolute atomic E-state index is 12.1. The van der Waals surface area contributed by atoms with Crippen LogP contribution in [0.2, 0.25) is 0 Å². The highest BCUT2D eigenvalue weighted by molar-refractivity contribution is 5.77. The van der Waals surface area contributed by atoms with Gasteiger partial charge in [0.05, 0.1) is 12.2 Å². The third kappa shape index (κ3) is 4.71. The molecule has 2 aliphatic heterocycles. The molecule has 3 rings (SSSR count). The molecular formula is C19H30N4O3. The molecule has 1 amide bonds. The van der Waals surface area contributed by atoms with Crippen molar-refractivity contribution in [2.75, 3.05) is 45.9 Å². The van der Waals surface area contributed by atoms with E-state index in [1.807, 2.05) is 11.0 Å². The summed E-state index contributed by atoms with van der Waals surface area (Å²) in [7, 11) is 0. The molecule has 0 unspecified atom stereocenters. The van der Waals surface area contributed by atoms with Crippen LogP contribution in [0.1, 0.15) is 32.9 Å². The number of amides is 1. The number of ether oxygens (including phenoxy) is 1. The van der Waals surface area contributed by atoms with Crippen molar-refractivity contribution < 1.29 is 9.53 Å². The van der Waals surface area contributed by atoms with Gasteiger partial charge in [-0.25, -0.2) is 4.68 Å². The van der Waals surface area contributed by atoms with Gasteiger partial charge >= 0.3 is 0 Å². The lowest BCUT2D eigenvalue weighted by molar-refractivity contribution is -0.134. The van der Waals surface area contributed by atoms with Gasteiger partial charge in [-0.1, -0.05) is 20.8 Å². The van der Waals surface area contributed by atoms with E-state index in [0.717, 1.165) is 44.8 Å². The fourth-order valence-electron chi connectivity index (χ4n) is 3.43. The van der Waals surface area contributed by atoms with Crippen molar-refractivity contribution in [2.24, 2.45) is 5.92 Å². The van der Waals surface area contributed by atoms with Gasteiger partial charge in [-0.2, -0.15) is 5.10 Å². The summed E-state index contributed by atoms with van der Waals surface area (Å²) in [5.41, 5.74) is 0.839. The summed E-state index contributed by atoms with van der Waals surface area (Å²) in [4.78, 5) is 28.2. The number of hydrogen-bond donors (Lipinski definition) is 0. The molecule has 0 spiro atoms. The summed E-state index contributed by atoms with van der Waals surface area (Å²) >= 11 is 0. The molecule has 144 valence electrons. The Labute approximate surface area is 154 Å². The topological polar surface area (TPSA) is 67.7 Å². The van der Waals surface area contributed by atoms with Gasteiger partial charge in [0.1, 0.15) is 6.61 Å². The summed E-state index contributed by atoms with van der Waals surface area (Å²) in [5, 5.41) is 4.55. The largest absolute Gasteiger partial charge is 0.372 e. The predicted octanol–water partition coefficient (Wildman–Crippen LogP) is 0.722. The van der Waals surface area contributed by atoms with Gasteiger partial charge in [-0.05, 0) is 12.5 Å². The van der Waals surface area contributed by atoms with Crippen molar-refractivity contribution in [1.29, 1.82) is 0 Å². The zero-order valence-electron chi connectivity index (χ0n) is 16.1. The van der Waals surface area contributed by atoms with Crippen molar-refractivity contribution in [2.45, 2.75) is 39.2 Å². The Morgan fingerprint density at radius 2 is 1.96 bits per heavy atom. The average Bonchev–Trinajstić information content (AvgIpc) is 2.74. The number of aromatic nitrogens is 2. The Morgan fingerprint density at radius 3 is 2.69 bits per heavy atom. The molecule has 0 aromatic carbocycles. The molecule has 2 saturated heterocycles. The highest BCUT2D eigenvalue weighted by atomic mass is 16.5. The molecule has 2 aliphatic rings. The molecule has 7 heteroatoms. The van der Waals surface area contributed by atoms with Crippen LogP contribution in [0.5, 0.6) is 0 Å². The first-order valence-corrected chi connectivity index (χ1v) is 9.49. The molecule has 3 heterocycles. The van der Waals surface area contributed by atoms with Crippen molar-refractivity contribution in [1.82, 2.24) is 19.6 Å². The van der Waals surface area contributed by atoms with E-state index >= 15 is 0 Å². The Hall–Kier alpha value is -1.73. The van der Waals surface area contributed by atoms with Crippen LogP contribution in [0.3, 0.4) is 0 Å². The first-order chi connectivity index (χ1) is 12.3. The summed E-state index contributed by atoms with van der Waals surface area (Å²) in [6.07, 6.45) is 0.910. The number of hydrogen-bond acceptors (Lipinski definition) is 5. The van der Waals surface area contributed by atoms with Crippen molar-refractivity contribution >= 4 is 5.91 Å². The minimum atomic E-state index is -0.0650. The molecule has 0 atom stereocenters. The number of rotatable bonds is 5. The monoisotopic (exact) mass is 362 g/mol. The summed E-state index contributed by atoms with van der Waals surface area (Å²) in [6.45, 7) is 12.2. The van der Waals surface area contributed by atoms with Gasteiger partial charge in [-0.15, -0.1) is 0 Å². The lowest BCUT2D eigenvalue weighted by Gasteiger charge is -2.40. The zero-order chi connectivity index (χ0) is 18.7. The van der Waals surface area contributed by atoms with Crippen LogP contribution in [0, 0.1) is 5.92 Å². The fourth-order valence-corrected chi connectivity index (χ4v) is 3.43. The molecule has 0 N–H and O–H groups in total. The third-order valence-corrected chi connectivity index (χ3v) is 5.08. The second kappa shape index (κ2) is 7.88. The van der Waals surface area contributed by atoms with Gasteiger partial charge in [-0.3, -0.25) is 9.59 Å². The molecule has 0 saturated carbocycles. The number of likely N-dealkylation sites (tertiary alicyclic amines) is 1. The van der Waals surface area contributed by atoms with Crippen LogP contribution < -0.4 is 5.56 Å². The van der Waals surface area contributed by atoms with Gasteiger partial charge in [0.15, 0.2) is 0 Å². The van der Waals surface area contributed by atoms with Crippen LogP contribution >= 0.6 is 0 Å². The maximum Gasteiger partial charge on any atom is 0.266 e. The Morgan fingerprint density at radius 1 is 1.19 bits per heavy atom. The first-order valence-electron chi connectivity index (χ1n) is 9.49. The third-order valence-electron chi connectivity index (χ3n) is 5.08. The molecule has 0 bridgehead atoms. The highest BCUT2D eigenvalue weighted by Gasteiger charge is 2.28. The minimum absolute atomic E-state index is 0.0355. The Bertz CT molecular complexity index is 689. The van der Waals surface area contributed by atoms with E-state index in [1.165, 1.54) is 0 Å². The molecule has 0 radical (unpaired) electrons. The Balaban J connectivity index is 1.47. The smallest absolute Gasteiger partial charge is 0.266 e. The second-order valence-electron chi connectivity index (χ2n) is 8.40. The van der Waals surface area contributed by atoms with Crippen LogP contribution in [-0.4, -0.2) is 71.4 Å². The fraction of sp³-hybridized carbons (Fsp3) is 0.737. The second-order valence-corrected chi connectivity index (χ2v) is 8.40. The van der Waals surface area contributed by atoms with E-state index in [4.69, 9.17) is 4.74 Å². The maximum atomic E-state index is 12.1. The predicted molar refractivity (Wildman–Crippen MR) is 99.1 cm³/mol. The van der Waals surface area contributed by atoms with E-state index in [-0.39, 0.29) is 23.5 Å². The molecule has 0 aliphatic carbocycles. The summed E-state index contributed by atoms with van der Waals surface area (Å²) in [5.74, 6) is 0.535. The summed E-state index contributed by atoms with van der Waals surface area (Å²) in [6, 6.07) is 3.45. The minimum Gasteiger partial charge on any atom is -0.372 e. The van der Waals surface area contributed by atoms with Crippen molar-refractivity contribution in [3.05, 3.63) is 28.2 Å². The van der Waals surface area contributed by atoms with E-state index < -0.39 is 0 Å². The molecule has 26 heavy (non-hydrogen) atoms. The van der Waals surface area contributed by atoms with E-state index in [1.54, 1.807) is 10.7 Å². The SMILES string of the molecule is CC(C)(C)c1ccc(=O)n(CC2CN(CCN3CCCOCC3=O)C2)n1. The molecule has 2 fully saturated rings. The van der Waals surface area contributed by atoms with E-state index in [9.17, 15) is 9.59 Å². The first kappa shape index (κ1) is 19.0. The van der Waals surface area contributed by atoms with Gasteiger partial charge in [0.25, 0.3) is 5.56 Å². The number of carbonyl (C=O) groups excluding carboxylic acids is 1.